The molecule has 7 heteroatoms. The lowest BCUT2D eigenvalue weighted by molar-refractivity contribution is -0.118. The first-order valence-corrected chi connectivity index (χ1v) is 12.8. The number of thioether (sulfide) groups is 1. The molecule has 0 unspecified atom stereocenters. The minimum absolute atomic E-state index is 0.0407. The topological polar surface area (TPSA) is 73.2 Å². The van der Waals surface area contributed by atoms with Crippen LogP contribution in [0.15, 0.2) is 70.1 Å². The molecule has 0 saturated heterocycles. The molecule has 0 atom stereocenters. The van der Waals surface area contributed by atoms with Crippen molar-refractivity contribution in [2.75, 3.05) is 19.4 Å². The third-order valence-corrected chi connectivity index (χ3v) is 7.09. The number of nitrogens with one attached hydrogen (secondary N) is 1. The normalized spacial score (nSPS) is 13.5. The average molecular weight is 478 g/mol. The summed E-state index contributed by atoms with van der Waals surface area (Å²) in [4.78, 5) is 30.5. The van der Waals surface area contributed by atoms with Crippen molar-refractivity contribution in [3.05, 3.63) is 76.1 Å². The Morgan fingerprint density at radius 3 is 2.76 bits per heavy atom. The predicted octanol–water partition coefficient (Wildman–Crippen LogP) is 4.75. The van der Waals surface area contributed by atoms with Gasteiger partial charge >= 0.3 is 0 Å². The molecular formula is C27H31N3O3S. The molecule has 1 aliphatic carbocycles. The molecular weight excluding hydrogens is 446 g/mol. The minimum atomic E-state index is -0.0798. The van der Waals surface area contributed by atoms with E-state index < -0.39 is 0 Å². The van der Waals surface area contributed by atoms with Crippen molar-refractivity contribution in [1.82, 2.24) is 14.9 Å². The molecule has 6 nitrogen and oxygen atoms in total. The maximum atomic E-state index is 13.2. The Labute approximate surface area is 204 Å². The zero-order valence-electron chi connectivity index (χ0n) is 19.6. The fourth-order valence-corrected chi connectivity index (χ4v) is 5.12. The second-order valence-corrected chi connectivity index (χ2v) is 9.37. The van der Waals surface area contributed by atoms with Gasteiger partial charge in [0.05, 0.1) is 23.8 Å². The summed E-state index contributed by atoms with van der Waals surface area (Å²) in [5.74, 6) is 0.951. The number of rotatable bonds is 10. The number of carbonyl (C=O) groups excluding carboxylic acids is 1. The number of allylic oxidation sites excluding steroid dienone is 2. The number of amides is 1. The molecule has 0 aliphatic heterocycles. The van der Waals surface area contributed by atoms with Gasteiger partial charge in [-0.3, -0.25) is 14.2 Å². The molecule has 4 rings (SSSR count). The third-order valence-electron chi connectivity index (χ3n) is 6.11. The van der Waals surface area contributed by atoms with E-state index in [0.29, 0.717) is 35.6 Å². The summed E-state index contributed by atoms with van der Waals surface area (Å²) >= 11 is 1.32. The van der Waals surface area contributed by atoms with Crippen molar-refractivity contribution in [3.8, 4) is 5.75 Å². The summed E-state index contributed by atoms with van der Waals surface area (Å²) < 4.78 is 7.11. The summed E-state index contributed by atoms with van der Waals surface area (Å²) in [6, 6.07) is 15.2. The first-order chi connectivity index (χ1) is 16.7. The molecule has 0 saturated carbocycles. The first-order valence-electron chi connectivity index (χ1n) is 11.8. The van der Waals surface area contributed by atoms with Crippen LogP contribution in [0.25, 0.3) is 10.9 Å². The van der Waals surface area contributed by atoms with Crippen LogP contribution >= 0.6 is 11.8 Å². The molecule has 0 spiro atoms. The molecule has 1 aliphatic rings. The van der Waals surface area contributed by atoms with Gasteiger partial charge < -0.3 is 10.1 Å². The van der Waals surface area contributed by atoms with Gasteiger partial charge in [-0.2, -0.15) is 0 Å². The molecule has 0 radical (unpaired) electrons. The zero-order valence-corrected chi connectivity index (χ0v) is 20.4. The molecule has 0 fully saturated rings. The van der Waals surface area contributed by atoms with Gasteiger partial charge in [0.15, 0.2) is 5.16 Å². The Morgan fingerprint density at radius 2 is 1.94 bits per heavy atom. The fourth-order valence-electron chi connectivity index (χ4n) is 4.27. The van der Waals surface area contributed by atoms with Crippen molar-refractivity contribution in [3.63, 3.8) is 0 Å². The molecule has 3 aromatic rings. The van der Waals surface area contributed by atoms with Crippen LogP contribution in [0.2, 0.25) is 0 Å². The molecule has 1 heterocycles. The number of benzene rings is 2. The summed E-state index contributed by atoms with van der Waals surface area (Å²) in [7, 11) is 1.65. The number of hydrogen-bond acceptors (Lipinski definition) is 5. The van der Waals surface area contributed by atoms with E-state index >= 15 is 0 Å². The Kier molecular flexibility index (Phi) is 8.41. The van der Waals surface area contributed by atoms with Crippen LogP contribution in [0.4, 0.5) is 0 Å². The maximum absolute atomic E-state index is 13.2. The Balaban J connectivity index is 1.42. The van der Waals surface area contributed by atoms with Gasteiger partial charge in [0.25, 0.3) is 5.56 Å². The maximum Gasteiger partial charge on any atom is 0.262 e. The van der Waals surface area contributed by atoms with E-state index in [1.165, 1.54) is 30.2 Å². The summed E-state index contributed by atoms with van der Waals surface area (Å²) in [5, 5.41) is 4.18. The van der Waals surface area contributed by atoms with Gasteiger partial charge in [-0.05, 0) is 62.3 Å². The number of fused-ring (bicyclic) bond motifs is 1. The van der Waals surface area contributed by atoms with Crippen molar-refractivity contribution in [2.45, 2.75) is 50.2 Å². The zero-order chi connectivity index (χ0) is 23.8. The summed E-state index contributed by atoms with van der Waals surface area (Å²) in [5.41, 5.74) is 3.09. The van der Waals surface area contributed by atoms with E-state index in [2.05, 4.69) is 11.4 Å². The van der Waals surface area contributed by atoms with Crippen LogP contribution in [-0.2, 0) is 17.8 Å². The number of ether oxygens (including phenoxy) is 1. The molecule has 1 amide bonds. The van der Waals surface area contributed by atoms with E-state index in [1.807, 2.05) is 48.5 Å². The van der Waals surface area contributed by atoms with Crippen LogP contribution in [0.1, 0.15) is 37.7 Å². The number of nitrogens with zero attached hydrogens (tertiary/aromatic N) is 2. The van der Waals surface area contributed by atoms with Crippen LogP contribution in [0.5, 0.6) is 5.75 Å². The van der Waals surface area contributed by atoms with E-state index in [0.717, 1.165) is 30.6 Å². The summed E-state index contributed by atoms with van der Waals surface area (Å²) in [6.45, 7) is 1.10. The van der Waals surface area contributed by atoms with Gasteiger partial charge in [-0.1, -0.05) is 53.7 Å². The standard InChI is InChI=1S/C27H31N3O3S/c1-33-24-14-8-5-11-21(24)15-17-28-25(31)19-34-27-29-23-13-7-6-12-22(23)26(32)30(27)18-16-20-9-3-2-4-10-20/h5-9,11-14H,2-4,10,15-19H2,1H3,(H,28,31). The van der Waals surface area contributed by atoms with E-state index in [-0.39, 0.29) is 17.2 Å². The molecule has 34 heavy (non-hydrogen) atoms. The van der Waals surface area contributed by atoms with Crippen LogP contribution in [0, 0.1) is 0 Å². The molecule has 1 N–H and O–H groups in total. The lowest BCUT2D eigenvalue weighted by Gasteiger charge is -2.16. The van der Waals surface area contributed by atoms with Crippen molar-refractivity contribution >= 4 is 28.6 Å². The van der Waals surface area contributed by atoms with Gasteiger partial charge in [0.2, 0.25) is 5.91 Å². The molecule has 178 valence electrons. The highest BCUT2D eigenvalue weighted by Crippen LogP contribution is 2.23. The van der Waals surface area contributed by atoms with Gasteiger partial charge in [0, 0.05) is 13.1 Å². The van der Waals surface area contributed by atoms with Crippen molar-refractivity contribution in [1.29, 1.82) is 0 Å². The molecule has 1 aromatic heterocycles. The predicted molar refractivity (Wildman–Crippen MR) is 138 cm³/mol. The monoisotopic (exact) mass is 477 g/mol. The average Bonchev–Trinajstić information content (AvgIpc) is 2.88. The number of carbonyl (C=O) groups is 1. The molecule has 0 bridgehead atoms. The van der Waals surface area contributed by atoms with Gasteiger partial charge in [0.1, 0.15) is 5.75 Å². The van der Waals surface area contributed by atoms with Crippen LogP contribution in [0.3, 0.4) is 0 Å². The Bertz CT molecular complexity index is 1240. The smallest absolute Gasteiger partial charge is 0.262 e. The number of aromatic nitrogens is 2. The van der Waals surface area contributed by atoms with Crippen LogP contribution < -0.4 is 15.6 Å². The van der Waals surface area contributed by atoms with Gasteiger partial charge in [-0.15, -0.1) is 0 Å². The second-order valence-electron chi connectivity index (χ2n) is 8.43. The largest absolute Gasteiger partial charge is 0.496 e. The van der Waals surface area contributed by atoms with Crippen molar-refractivity contribution < 1.29 is 9.53 Å². The number of hydrogen-bond donors (Lipinski definition) is 1. The number of methoxy groups -OCH3 is 1. The first kappa shape index (κ1) is 24.1. The van der Waals surface area contributed by atoms with Gasteiger partial charge in [-0.25, -0.2) is 4.98 Å². The Morgan fingerprint density at radius 1 is 1.12 bits per heavy atom. The molecule has 2 aromatic carbocycles. The quantitative estimate of drug-likeness (QED) is 0.259. The van der Waals surface area contributed by atoms with E-state index in [4.69, 9.17) is 9.72 Å². The van der Waals surface area contributed by atoms with Crippen molar-refractivity contribution in [2.24, 2.45) is 0 Å². The lowest BCUT2D eigenvalue weighted by Crippen LogP contribution is -2.28. The van der Waals surface area contributed by atoms with Crippen LogP contribution in [-0.4, -0.2) is 34.9 Å². The second kappa shape index (κ2) is 11.9. The number of para-hydroxylation sites is 2. The van der Waals surface area contributed by atoms with E-state index in [1.54, 1.807) is 11.7 Å². The highest BCUT2D eigenvalue weighted by Gasteiger charge is 2.14. The highest BCUT2D eigenvalue weighted by atomic mass is 32.2. The highest BCUT2D eigenvalue weighted by molar-refractivity contribution is 7.99. The lowest BCUT2D eigenvalue weighted by atomic mass is 9.97. The SMILES string of the molecule is COc1ccccc1CCNC(=O)CSc1nc2ccccc2c(=O)n1CCC1=CCCCC1. The Hall–Kier alpha value is -3.06. The summed E-state index contributed by atoms with van der Waals surface area (Å²) in [6.07, 6.45) is 8.53. The fraction of sp³-hybridized carbons (Fsp3) is 0.370. The third kappa shape index (κ3) is 6.08. The minimum Gasteiger partial charge on any atom is -0.496 e. The van der Waals surface area contributed by atoms with E-state index in [9.17, 15) is 9.59 Å².